The summed E-state index contributed by atoms with van der Waals surface area (Å²) in [5.74, 6) is -0.817. The fourth-order valence-corrected chi connectivity index (χ4v) is 4.70. The predicted octanol–water partition coefficient (Wildman–Crippen LogP) is 2.80. The van der Waals surface area contributed by atoms with Crippen LogP contribution in [0.1, 0.15) is 5.56 Å². The summed E-state index contributed by atoms with van der Waals surface area (Å²) in [6.07, 6.45) is 7.74. The largest absolute Gasteiger partial charge is 0.488 e. The number of fused-ring (bicyclic) bond motifs is 1. The number of hydrogen-bond donors (Lipinski definition) is 4. The van der Waals surface area contributed by atoms with Crippen LogP contribution in [0, 0.1) is 17.1 Å². The molecule has 0 saturated heterocycles. The Morgan fingerprint density at radius 2 is 1.59 bits per heavy atom. The first-order valence-corrected chi connectivity index (χ1v) is 12.3. The van der Waals surface area contributed by atoms with Gasteiger partial charge in [0.15, 0.2) is 0 Å². The number of halogens is 1. The van der Waals surface area contributed by atoms with E-state index in [1.54, 1.807) is 36.7 Å². The van der Waals surface area contributed by atoms with Crippen LogP contribution in [0.4, 0.5) is 10.1 Å². The Morgan fingerprint density at radius 1 is 0.919 bits per heavy atom. The minimum absolute atomic E-state index is 0.00698. The summed E-state index contributed by atoms with van der Waals surface area (Å²) < 4.78 is 41.8. The zero-order valence-corrected chi connectivity index (χ0v) is 19.9. The predicted molar refractivity (Wildman–Crippen MR) is 138 cm³/mol. The molecule has 0 aliphatic carbocycles. The van der Waals surface area contributed by atoms with Crippen molar-refractivity contribution in [3.63, 3.8) is 0 Å². The molecule has 2 aromatic carbocycles. The summed E-state index contributed by atoms with van der Waals surface area (Å²) in [6, 6.07) is 17.5. The van der Waals surface area contributed by atoms with Gasteiger partial charge in [0.2, 0.25) is 0 Å². The smallest absolute Gasteiger partial charge is 0.423 e. The van der Waals surface area contributed by atoms with Gasteiger partial charge in [-0.3, -0.25) is 14.7 Å². The zero-order valence-electron chi connectivity index (χ0n) is 19.1. The van der Waals surface area contributed by atoms with Gasteiger partial charge in [0, 0.05) is 41.9 Å². The molecular formula is C25H19BFN5O4S. The first kappa shape index (κ1) is 25.5. The third-order valence-corrected chi connectivity index (χ3v) is 6.70. The Morgan fingerprint density at radius 3 is 2.19 bits per heavy atom. The maximum atomic E-state index is 14.1. The summed E-state index contributed by atoms with van der Waals surface area (Å²) in [5.41, 5.74) is 2.85. The number of nitrogens with one attached hydrogen (secondary N) is 2. The number of aromatic amines is 1. The molecule has 5 aromatic rings. The molecule has 0 saturated carbocycles. The topological polar surface area (TPSA) is 152 Å². The van der Waals surface area contributed by atoms with Gasteiger partial charge in [-0.05, 0) is 65.1 Å². The van der Waals surface area contributed by atoms with Crippen molar-refractivity contribution < 1.29 is 22.9 Å². The molecule has 0 atom stereocenters. The van der Waals surface area contributed by atoms with Crippen LogP contribution in [0.3, 0.4) is 0 Å². The van der Waals surface area contributed by atoms with Gasteiger partial charge in [-0.15, -0.1) is 0 Å². The third-order valence-electron chi connectivity index (χ3n) is 5.29. The number of hydrogen-bond acceptors (Lipinski definition) is 7. The van der Waals surface area contributed by atoms with Crippen LogP contribution in [-0.2, 0) is 10.0 Å². The second-order valence-corrected chi connectivity index (χ2v) is 9.37. The second-order valence-electron chi connectivity index (χ2n) is 7.72. The monoisotopic (exact) mass is 515 g/mol. The van der Waals surface area contributed by atoms with E-state index in [9.17, 15) is 12.8 Å². The molecule has 184 valence electrons. The first-order valence-electron chi connectivity index (χ1n) is 10.8. The molecule has 0 fully saturated rings. The Bertz CT molecular complexity index is 1670. The van der Waals surface area contributed by atoms with Gasteiger partial charge >= 0.3 is 7.12 Å². The molecule has 0 bridgehead atoms. The van der Waals surface area contributed by atoms with E-state index in [2.05, 4.69) is 19.7 Å². The number of H-pyrrole nitrogens is 1. The lowest BCUT2D eigenvalue weighted by atomic mass is 9.81. The van der Waals surface area contributed by atoms with Crippen molar-refractivity contribution in [2.24, 2.45) is 0 Å². The van der Waals surface area contributed by atoms with E-state index in [0.717, 1.165) is 17.2 Å². The normalized spacial score (nSPS) is 10.8. The van der Waals surface area contributed by atoms with Crippen molar-refractivity contribution >= 4 is 39.2 Å². The molecule has 3 heterocycles. The molecule has 37 heavy (non-hydrogen) atoms. The summed E-state index contributed by atoms with van der Waals surface area (Å²) >= 11 is 0. The number of benzene rings is 2. The number of aromatic nitrogens is 3. The molecule has 12 heteroatoms. The lowest BCUT2D eigenvalue weighted by molar-refractivity contribution is 0.425. The van der Waals surface area contributed by atoms with E-state index in [4.69, 9.17) is 15.3 Å². The Balaban J connectivity index is 0.000000301. The summed E-state index contributed by atoms with van der Waals surface area (Å²) in [4.78, 5) is 10.6. The quantitative estimate of drug-likeness (QED) is 0.263. The molecule has 0 unspecified atom stereocenters. The molecule has 0 aliphatic rings. The first-order chi connectivity index (χ1) is 17.8. The summed E-state index contributed by atoms with van der Waals surface area (Å²) in [5, 5.41) is 26.4. The molecule has 0 spiro atoms. The average Bonchev–Trinajstić information content (AvgIpc) is 3.35. The minimum Gasteiger partial charge on any atom is -0.423 e. The van der Waals surface area contributed by atoms with Crippen LogP contribution in [-0.4, -0.2) is 40.5 Å². The highest BCUT2D eigenvalue weighted by Crippen LogP contribution is 2.29. The van der Waals surface area contributed by atoms with Crippen molar-refractivity contribution in [2.75, 3.05) is 4.72 Å². The van der Waals surface area contributed by atoms with E-state index < -0.39 is 23.0 Å². The van der Waals surface area contributed by atoms with Crippen molar-refractivity contribution in [1.29, 1.82) is 5.26 Å². The van der Waals surface area contributed by atoms with Crippen molar-refractivity contribution in [2.45, 2.75) is 4.90 Å². The van der Waals surface area contributed by atoms with Crippen LogP contribution in [0.2, 0.25) is 0 Å². The van der Waals surface area contributed by atoms with Crippen LogP contribution in [0.25, 0.3) is 22.0 Å². The second kappa shape index (κ2) is 11.0. The standard InChI is InChI=1S/C20H13FN4O2S.C5H6BNO2/c21-17-9-13(11-22)1-4-18(17)25-28(26,27)20-12-24-19-10-15(2-3-16(19)20)14-5-7-23-8-6-14;8-6(9)5-1-3-7-4-2-5/h1-10,12,24-25H;1-4,8-9H. The molecular weight excluding hydrogens is 496 g/mol. The van der Waals surface area contributed by atoms with Gasteiger partial charge in [0.05, 0.1) is 17.3 Å². The fraction of sp³-hybridized carbons (Fsp3) is 0. The summed E-state index contributed by atoms with van der Waals surface area (Å²) in [6.45, 7) is 0. The van der Waals surface area contributed by atoms with Crippen LogP contribution >= 0.6 is 0 Å². The number of nitriles is 1. The lowest BCUT2D eigenvalue weighted by Crippen LogP contribution is -2.29. The molecule has 0 aliphatic heterocycles. The van der Waals surface area contributed by atoms with E-state index in [1.807, 2.05) is 24.3 Å². The van der Waals surface area contributed by atoms with Crippen LogP contribution < -0.4 is 10.2 Å². The van der Waals surface area contributed by atoms with Gasteiger partial charge in [-0.1, -0.05) is 12.1 Å². The maximum absolute atomic E-state index is 14.1. The molecule has 0 radical (unpaired) electrons. The van der Waals surface area contributed by atoms with E-state index in [0.29, 0.717) is 16.4 Å². The Kier molecular flexibility index (Phi) is 7.59. The molecule has 9 nitrogen and oxygen atoms in total. The molecule has 0 amide bonds. The molecule has 5 rings (SSSR count). The Hall–Kier alpha value is -4.57. The number of rotatable bonds is 5. The number of anilines is 1. The van der Waals surface area contributed by atoms with Gasteiger partial charge in [-0.2, -0.15) is 5.26 Å². The van der Waals surface area contributed by atoms with Crippen LogP contribution in [0.15, 0.2) is 96.5 Å². The highest BCUT2D eigenvalue weighted by atomic mass is 32.2. The maximum Gasteiger partial charge on any atom is 0.488 e. The minimum atomic E-state index is -4.03. The van der Waals surface area contributed by atoms with E-state index >= 15 is 0 Å². The number of pyridine rings is 2. The molecule has 3 aromatic heterocycles. The van der Waals surface area contributed by atoms with Crippen molar-refractivity contribution in [3.05, 3.63) is 103 Å². The van der Waals surface area contributed by atoms with Gasteiger partial charge in [-0.25, -0.2) is 12.8 Å². The van der Waals surface area contributed by atoms with Crippen molar-refractivity contribution in [1.82, 2.24) is 15.0 Å². The van der Waals surface area contributed by atoms with Crippen LogP contribution in [0.5, 0.6) is 0 Å². The molecule has 4 N–H and O–H groups in total. The Labute approximate surface area is 212 Å². The summed E-state index contributed by atoms with van der Waals surface area (Å²) in [7, 11) is -5.41. The highest BCUT2D eigenvalue weighted by Gasteiger charge is 2.21. The third kappa shape index (κ3) is 5.99. The highest BCUT2D eigenvalue weighted by molar-refractivity contribution is 7.93. The van der Waals surface area contributed by atoms with E-state index in [-0.39, 0.29) is 16.1 Å². The average molecular weight is 515 g/mol. The fourth-order valence-electron chi connectivity index (χ4n) is 3.45. The van der Waals surface area contributed by atoms with Gasteiger partial charge in [0.25, 0.3) is 10.0 Å². The lowest BCUT2D eigenvalue weighted by Gasteiger charge is -2.08. The zero-order chi connectivity index (χ0) is 26.4. The van der Waals surface area contributed by atoms with Gasteiger partial charge < -0.3 is 15.0 Å². The SMILES string of the molecule is N#Cc1ccc(NS(=O)(=O)c2c[nH]c3cc(-c4ccncc4)ccc23)c(F)c1.OB(O)c1ccncc1. The number of sulfonamides is 1. The van der Waals surface area contributed by atoms with Crippen molar-refractivity contribution in [3.8, 4) is 17.2 Å². The van der Waals surface area contributed by atoms with E-state index in [1.165, 1.54) is 30.7 Å². The number of nitrogens with zero attached hydrogens (tertiary/aromatic N) is 3. The van der Waals surface area contributed by atoms with Gasteiger partial charge in [0.1, 0.15) is 10.7 Å².